The number of hydrogen-bond donors (Lipinski definition) is 1. The largest absolute Gasteiger partial charge is 0.346 e. The van der Waals surface area contributed by atoms with Gasteiger partial charge < -0.3 is 10.6 Å². The van der Waals surface area contributed by atoms with Crippen LogP contribution in [0.5, 0.6) is 0 Å². The van der Waals surface area contributed by atoms with Crippen molar-refractivity contribution in [3.63, 3.8) is 0 Å². The molecule has 0 atom stereocenters. The third kappa shape index (κ3) is 3.56. The van der Waals surface area contributed by atoms with E-state index in [0.717, 1.165) is 35.4 Å². The zero-order valence-corrected chi connectivity index (χ0v) is 14.0. The van der Waals surface area contributed by atoms with Crippen molar-refractivity contribution in [1.82, 2.24) is 10.2 Å². The van der Waals surface area contributed by atoms with E-state index in [-0.39, 0.29) is 5.54 Å². The number of rotatable bonds is 3. The van der Waals surface area contributed by atoms with Gasteiger partial charge in [0.25, 0.3) is 0 Å². The zero-order valence-electron chi connectivity index (χ0n) is 12.4. The summed E-state index contributed by atoms with van der Waals surface area (Å²) in [4.78, 5) is 3.54. The lowest BCUT2D eigenvalue weighted by Crippen LogP contribution is -2.48. The summed E-state index contributed by atoms with van der Waals surface area (Å²) in [6.07, 6.45) is 2.01. The highest BCUT2D eigenvalue weighted by Crippen LogP contribution is 2.35. The molecule has 0 saturated carbocycles. The Hall–Kier alpha value is -1.11. The minimum absolute atomic E-state index is 0.0279. The van der Waals surface area contributed by atoms with Crippen LogP contribution in [0.25, 0.3) is 0 Å². The van der Waals surface area contributed by atoms with Gasteiger partial charge in [-0.1, -0.05) is 41.3 Å². The molecule has 0 radical (unpaired) electrons. The highest BCUT2D eigenvalue weighted by Gasteiger charge is 2.27. The number of hydrogen-bond acceptors (Lipinski definition) is 6. The first-order valence-electron chi connectivity index (χ1n) is 7.14. The summed E-state index contributed by atoms with van der Waals surface area (Å²) in [5, 5.41) is 9.68. The number of aromatic nitrogens is 2. The standard InChI is InChI=1S/C15H20N4S2/c1-11-5-3-4-6-12(11)20-14-18-17-13(21-14)19-9-7-15(2,16)8-10-19/h3-6H,7-10,16H2,1-2H3. The summed E-state index contributed by atoms with van der Waals surface area (Å²) in [6.45, 7) is 6.19. The maximum Gasteiger partial charge on any atom is 0.209 e. The topological polar surface area (TPSA) is 55.0 Å². The molecule has 1 aliphatic rings. The first-order chi connectivity index (χ1) is 10.0. The first kappa shape index (κ1) is 14.8. The van der Waals surface area contributed by atoms with Gasteiger partial charge in [0, 0.05) is 23.5 Å². The predicted octanol–water partition coefficient (Wildman–Crippen LogP) is 3.32. The fourth-order valence-corrected chi connectivity index (χ4v) is 4.28. The summed E-state index contributed by atoms with van der Waals surface area (Å²) in [5.74, 6) is 0. The lowest BCUT2D eigenvalue weighted by atomic mass is 9.91. The van der Waals surface area contributed by atoms with E-state index in [1.165, 1.54) is 10.5 Å². The van der Waals surface area contributed by atoms with Gasteiger partial charge in [-0.05, 0) is 38.3 Å². The van der Waals surface area contributed by atoms with Gasteiger partial charge in [0.05, 0.1) is 0 Å². The van der Waals surface area contributed by atoms with Crippen molar-refractivity contribution in [2.75, 3.05) is 18.0 Å². The normalized spacial score (nSPS) is 18.0. The average molecular weight is 320 g/mol. The number of nitrogens with two attached hydrogens (primary N) is 1. The van der Waals surface area contributed by atoms with E-state index < -0.39 is 0 Å². The van der Waals surface area contributed by atoms with Crippen LogP contribution in [0, 0.1) is 6.92 Å². The third-order valence-electron chi connectivity index (χ3n) is 3.86. The maximum absolute atomic E-state index is 6.18. The maximum atomic E-state index is 6.18. The van der Waals surface area contributed by atoms with Gasteiger partial charge in [0.15, 0.2) is 4.34 Å². The minimum Gasteiger partial charge on any atom is -0.346 e. The monoisotopic (exact) mass is 320 g/mol. The van der Waals surface area contributed by atoms with Gasteiger partial charge in [0.2, 0.25) is 5.13 Å². The molecule has 0 aliphatic carbocycles. The van der Waals surface area contributed by atoms with Gasteiger partial charge in [-0.2, -0.15) is 0 Å². The molecule has 0 unspecified atom stereocenters. The molecule has 0 bridgehead atoms. The smallest absolute Gasteiger partial charge is 0.209 e. The molecule has 1 saturated heterocycles. The van der Waals surface area contributed by atoms with Crippen LogP contribution in [0.15, 0.2) is 33.5 Å². The molecule has 1 aromatic carbocycles. The molecule has 2 aromatic rings. The summed E-state index contributed by atoms with van der Waals surface area (Å²) in [6, 6.07) is 8.37. The Morgan fingerprint density at radius 1 is 1.24 bits per heavy atom. The molecular weight excluding hydrogens is 300 g/mol. The average Bonchev–Trinajstić information content (AvgIpc) is 2.90. The molecule has 2 N–H and O–H groups in total. The lowest BCUT2D eigenvalue weighted by molar-refractivity contribution is 0.364. The number of anilines is 1. The minimum atomic E-state index is -0.0279. The van der Waals surface area contributed by atoms with E-state index >= 15 is 0 Å². The van der Waals surface area contributed by atoms with Gasteiger partial charge in [-0.3, -0.25) is 0 Å². The van der Waals surface area contributed by atoms with E-state index in [0.29, 0.717) is 0 Å². The summed E-state index contributed by atoms with van der Waals surface area (Å²) >= 11 is 3.36. The third-order valence-corrected chi connectivity index (χ3v) is 6.08. The number of piperidine rings is 1. The second-order valence-electron chi connectivity index (χ2n) is 5.86. The van der Waals surface area contributed by atoms with Crippen molar-refractivity contribution in [3.05, 3.63) is 29.8 Å². The molecule has 21 heavy (non-hydrogen) atoms. The summed E-state index contributed by atoms with van der Waals surface area (Å²) < 4.78 is 1.00. The second-order valence-corrected chi connectivity index (χ2v) is 8.10. The Labute approximate surface area is 133 Å². The Morgan fingerprint density at radius 3 is 2.67 bits per heavy atom. The Morgan fingerprint density at radius 2 is 1.95 bits per heavy atom. The van der Waals surface area contributed by atoms with Crippen LogP contribution in [0.1, 0.15) is 25.3 Å². The van der Waals surface area contributed by atoms with E-state index in [9.17, 15) is 0 Å². The van der Waals surface area contributed by atoms with Crippen molar-refractivity contribution < 1.29 is 0 Å². The van der Waals surface area contributed by atoms with Crippen molar-refractivity contribution >= 4 is 28.2 Å². The van der Waals surface area contributed by atoms with Gasteiger partial charge >= 0.3 is 0 Å². The van der Waals surface area contributed by atoms with Crippen LogP contribution in [0.2, 0.25) is 0 Å². The number of nitrogens with zero attached hydrogens (tertiary/aromatic N) is 3. The Kier molecular flexibility index (Phi) is 4.19. The highest BCUT2D eigenvalue weighted by atomic mass is 32.2. The molecule has 1 fully saturated rings. The summed E-state index contributed by atoms with van der Waals surface area (Å²) in [7, 11) is 0. The van der Waals surface area contributed by atoms with Crippen LogP contribution >= 0.6 is 23.1 Å². The Bertz CT molecular complexity index is 614. The highest BCUT2D eigenvalue weighted by molar-refractivity contribution is 8.01. The first-order valence-corrected chi connectivity index (χ1v) is 8.78. The van der Waals surface area contributed by atoms with Gasteiger partial charge in [-0.15, -0.1) is 10.2 Å². The number of benzene rings is 1. The van der Waals surface area contributed by atoms with Crippen LogP contribution in [-0.4, -0.2) is 28.8 Å². The molecular formula is C15H20N4S2. The van der Waals surface area contributed by atoms with E-state index in [1.807, 2.05) is 0 Å². The van der Waals surface area contributed by atoms with E-state index in [4.69, 9.17) is 5.73 Å². The molecule has 0 spiro atoms. The quantitative estimate of drug-likeness (QED) is 0.940. The van der Waals surface area contributed by atoms with Gasteiger partial charge in [-0.25, -0.2) is 0 Å². The van der Waals surface area contributed by atoms with E-state index in [1.54, 1.807) is 23.1 Å². The summed E-state index contributed by atoms with van der Waals surface area (Å²) in [5.41, 5.74) is 7.43. The van der Waals surface area contributed by atoms with Crippen molar-refractivity contribution in [1.29, 1.82) is 0 Å². The molecule has 1 aromatic heterocycles. The van der Waals surface area contributed by atoms with Crippen LogP contribution in [0.3, 0.4) is 0 Å². The molecule has 6 heteroatoms. The SMILES string of the molecule is Cc1ccccc1Sc1nnc(N2CCC(C)(N)CC2)s1. The predicted molar refractivity (Wildman–Crippen MR) is 89.3 cm³/mol. The number of aryl methyl sites for hydroxylation is 1. The van der Waals surface area contributed by atoms with Crippen LogP contribution in [-0.2, 0) is 0 Å². The van der Waals surface area contributed by atoms with E-state index in [2.05, 4.69) is 53.2 Å². The molecule has 3 rings (SSSR count). The zero-order chi connectivity index (χ0) is 14.9. The van der Waals surface area contributed by atoms with Crippen LogP contribution in [0.4, 0.5) is 5.13 Å². The lowest BCUT2D eigenvalue weighted by Gasteiger charge is -2.36. The molecule has 112 valence electrons. The van der Waals surface area contributed by atoms with Crippen molar-refractivity contribution in [2.45, 2.75) is 41.5 Å². The Balaban J connectivity index is 1.68. The molecule has 1 aliphatic heterocycles. The van der Waals surface area contributed by atoms with Crippen molar-refractivity contribution in [2.24, 2.45) is 5.73 Å². The second kappa shape index (κ2) is 5.94. The van der Waals surface area contributed by atoms with Crippen LogP contribution < -0.4 is 10.6 Å². The fourth-order valence-electron chi connectivity index (χ4n) is 2.35. The molecule has 0 amide bonds. The van der Waals surface area contributed by atoms with Crippen molar-refractivity contribution in [3.8, 4) is 0 Å². The fraction of sp³-hybridized carbons (Fsp3) is 0.467. The van der Waals surface area contributed by atoms with Gasteiger partial charge in [0.1, 0.15) is 0 Å². The molecule has 2 heterocycles. The molecule has 4 nitrogen and oxygen atoms in total.